The van der Waals surface area contributed by atoms with E-state index in [2.05, 4.69) is 55.6 Å². The molecule has 11 nitrogen and oxygen atoms in total. The molecule has 11 heteroatoms. The number of nitrogens with one attached hydrogen (secondary N) is 1. The van der Waals surface area contributed by atoms with Crippen LogP contribution in [0.4, 0.5) is 0 Å². The highest BCUT2D eigenvalue weighted by Crippen LogP contribution is 2.24. The normalized spacial score (nSPS) is 19.3. The molecule has 0 aliphatic carbocycles. The summed E-state index contributed by atoms with van der Waals surface area (Å²) in [6.45, 7) is 3.49. The largest absolute Gasteiger partial charge is 0.394 e. The molecular formula is C70H133NO10. The molecule has 478 valence electrons. The van der Waals surface area contributed by atoms with Crippen molar-refractivity contribution in [2.24, 2.45) is 0 Å². The number of amides is 1. The van der Waals surface area contributed by atoms with Crippen molar-refractivity contribution < 1.29 is 50.0 Å². The molecule has 1 rings (SSSR count). The summed E-state index contributed by atoms with van der Waals surface area (Å²) in [5.41, 5.74) is 0. The van der Waals surface area contributed by atoms with Crippen molar-refractivity contribution in [1.82, 2.24) is 5.32 Å². The maximum atomic E-state index is 13.2. The zero-order valence-electron chi connectivity index (χ0n) is 52.8. The highest BCUT2D eigenvalue weighted by molar-refractivity contribution is 5.80. The predicted molar refractivity (Wildman–Crippen MR) is 339 cm³/mol. The topological polar surface area (TPSA) is 189 Å². The van der Waals surface area contributed by atoms with Crippen LogP contribution in [-0.4, -0.2) is 110 Å². The lowest BCUT2D eigenvalue weighted by Crippen LogP contribution is -2.60. The van der Waals surface area contributed by atoms with Crippen molar-refractivity contribution in [1.29, 1.82) is 0 Å². The molecule has 0 radical (unpaired) electrons. The molecule has 0 bridgehead atoms. The molecule has 9 unspecified atom stereocenters. The van der Waals surface area contributed by atoms with Gasteiger partial charge < -0.3 is 50.5 Å². The fraction of sp³-hybridized carbons (Fsp3) is 0.900. The van der Waals surface area contributed by atoms with E-state index in [1.807, 2.05) is 0 Å². The average Bonchev–Trinajstić information content (AvgIpc) is 3.51. The van der Waals surface area contributed by atoms with Gasteiger partial charge in [0.2, 0.25) is 5.91 Å². The number of ether oxygens (including phenoxy) is 2. The SMILES string of the molecule is CCCCCCCCCCCCCC/C=C\CCCCCCCCCCCCCCCCCC(O)C(=O)NC(COC1OC(CO)C(O)C(O)C1O)C(O)C(O)CCC/C=C/CC/C=C/CCCCCCCCCCCCCCCC. The highest BCUT2D eigenvalue weighted by Gasteiger charge is 2.44. The summed E-state index contributed by atoms with van der Waals surface area (Å²) in [6.07, 6.45) is 63.7. The minimum atomic E-state index is -1.67. The molecule has 1 saturated heterocycles. The third-order valence-corrected chi connectivity index (χ3v) is 16.9. The Kier molecular flexibility index (Phi) is 56.0. The van der Waals surface area contributed by atoms with Gasteiger partial charge in [-0.05, 0) is 77.0 Å². The molecule has 9 atom stereocenters. The van der Waals surface area contributed by atoms with Gasteiger partial charge in [0, 0.05) is 0 Å². The van der Waals surface area contributed by atoms with Crippen molar-refractivity contribution in [2.75, 3.05) is 13.2 Å². The van der Waals surface area contributed by atoms with E-state index in [0.29, 0.717) is 19.3 Å². The summed E-state index contributed by atoms with van der Waals surface area (Å²) >= 11 is 0. The maximum Gasteiger partial charge on any atom is 0.249 e. The lowest BCUT2D eigenvalue weighted by atomic mass is 9.98. The van der Waals surface area contributed by atoms with Crippen molar-refractivity contribution >= 4 is 5.91 Å². The van der Waals surface area contributed by atoms with Crippen LogP contribution in [-0.2, 0) is 14.3 Å². The number of hydrogen-bond acceptors (Lipinski definition) is 10. The Labute approximate surface area is 498 Å². The summed E-state index contributed by atoms with van der Waals surface area (Å²) in [4.78, 5) is 13.2. The van der Waals surface area contributed by atoms with Gasteiger partial charge >= 0.3 is 0 Å². The Morgan fingerprint density at radius 1 is 0.420 bits per heavy atom. The first-order valence-corrected chi connectivity index (χ1v) is 34.9. The number of aliphatic hydroxyl groups is 7. The number of rotatable bonds is 61. The first kappa shape index (κ1) is 77.3. The Bertz CT molecular complexity index is 1410. The van der Waals surface area contributed by atoms with Crippen LogP contribution in [0, 0.1) is 0 Å². The van der Waals surface area contributed by atoms with Crippen LogP contribution in [0.15, 0.2) is 36.5 Å². The molecule has 1 amide bonds. The third kappa shape index (κ3) is 46.3. The van der Waals surface area contributed by atoms with Crippen molar-refractivity contribution in [3.8, 4) is 0 Å². The fourth-order valence-corrected chi connectivity index (χ4v) is 11.3. The molecule has 1 aliphatic rings. The predicted octanol–water partition coefficient (Wildman–Crippen LogP) is 16.6. The molecule has 0 aromatic rings. The zero-order valence-corrected chi connectivity index (χ0v) is 52.8. The van der Waals surface area contributed by atoms with Gasteiger partial charge in [0.1, 0.15) is 36.6 Å². The summed E-state index contributed by atoms with van der Waals surface area (Å²) in [7, 11) is 0. The molecular weight excluding hydrogens is 1010 g/mol. The van der Waals surface area contributed by atoms with Crippen molar-refractivity contribution in [3.05, 3.63) is 36.5 Å². The van der Waals surface area contributed by atoms with Crippen LogP contribution in [0.3, 0.4) is 0 Å². The van der Waals surface area contributed by atoms with E-state index in [1.165, 1.54) is 250 Å². The van der Waals surface area contributed by atoms with Crippen LogP contribution >= 0.6 is 0 Å². The molecule has 1 aliphatic heterocycles. The molecule has 0 saturated carbocycles. The van der Waals surface area contributed by atoms with Crippen molar-refractivity contribution in [3.63, 3.8) is 0 Å². The van der Waals surface area contributed by atoms with Gasteiger partial charge in [0.05, 0.1) is 25.4 Å². The van der Waals surface area contributed by atoms with E-state index >= 15 is 0 Å². The summed E-state index contributed by atoms with van der Waals surface area (Å²) < 4.78 is 11.2. The number of unbranched alkanes of at least 4 members (excludes halogenated alkanes) is 43. The Balaban J connectivity index is 2.22. The Morgan fingerprint density at radius 3 is 1.10 bits per heavy atom. The van der Waals surface area contributed by atoms with E-state index < -0.39 is 74.2 Å². The van der Waals surface area contributed by atoms with Gasteiger partial charge in [0.15, 0.2) is 6.29 Å². The van der Waals surface area contributed by atoms with Crippen LogP contribution < -0.4 is 5.32 Å². The molecule has 1 fully saturated rings. The minimum absolute atomic E-state index is 0.248. The van der Waals surface area contributed by atoms with E-state index in [-0.39, 0.29) is 12.8 Å². The monoisotopic (exact) mass is 1150 g/mol. The zero-order chi connectivity index (χ0) is 58.9. The quantitative estimate of drug-likeness (QED) is 0.0215. The van der Waals surface area contributed by atoms with Crippen LogP contribution in [0.5, 0.6) is 0 Å². The van der Waals surface area contributed by atoms with E-state index in [4.69, 9.17) is 9.47 Å². The van der Waals surface area contributed by atoms with Crippen LogP contribution in [0.25, 0.3) is 0 Å². The lowest BCUT2D eigenvalue weighted by Gasteiger charge is -2.40. The highest BCUT2D eigenvalue weighted by atomic mass is 16.7. The van der Waals surface area contributed by atoms with Crippen LogP contribution in [0.2, 0.25) is 0 Å². The summed E-state index contributed by atoms with van der Waals surface area (Å²) in [6, 6.07) is -1.19. The summed E-state index contributed by atoms with van der Waals surface area (Å²) in [5, 5.41) is 76.4. The second-order valence-corrected chi connectivity index (χ2v) is 24.6. The van der Waals surface area contributed by atoms with E-state index in [9.17, 15) is 40.5 Å². The van der Waals surface area contributed by atoms with Gasteiger partial charge in [0.25, 0.3) is 0 Å². The van der Waals surface area contributed by atoms with E-state index in [0.717, 1.165) is 38.5 Å². The van der Waals surface area contributed by atoms with E-state index in [1.54, 1.807) is 0 Å². The Morgan fingerprint density at radius 2 is 0.741 bits per heavy atom. The minimum Gasteiger partial charge on any atom is -0.394 e. The summed E-state index contributed by atoms with van der Waals surface area (Å²) in [5.74, 6) is -0.705. The van der Waals surface area contributed by atoms with Gasteiger partial charge in [-0.1, -0.05) is 294 Å². The molecule has 8 N–H and O–H groups in total. The average molecular weight is 1150 g/mol. The first-order chi connectivity index (χ1) is 39.7. The number of carbonyl (C=O) groups excluding carboxylic acids is 1. The van der Waals surface area contributed by atoms with Gasteiger partial charge in [-0.25, -0.2) is 0 Å². The molecule has 81 heavy (non-hydrogen) atoms. The molecule has 0 aromatic heterocycles. The number of allylic oxidation sites excluding steroid dienone is 6. The molecule has 0 aromatic carbocycles. The van der Waals surface area contributed by atoms with Gasteiger partial charge in [-0.3, -0.25) is 4.79 Å². The second kappa shape index (κ2) is 58.7. The first-order valence-electron chi connectivity index (χ1n) is 34.9. The van der Waals surface area contributed by atoms with Crippen molar-refractivity contribution in [2.45, 2.75) is 390 Å². The van der Waals surface area contributed by atoms with Gasteiger partial charge in [-0.2, -0.15) is 0 Å². The van der Waals surface area contributed by atoms with Gasteiger partial charge in [-0.15, -0.1) is 0 Å². The van der Waals surface area contributed by atoms with Crippen LogP contribution in [0.1, 0.15) is 335 Å². The smallest absolute Gasteiger partial charge is 0.249 e. The second-order valence-electron chi connectivity index (χ2n) is 24.6. The third-order valence-electron chi connectivity index (χ3n) is 16.9. The number of aliphatic hydroxyl groups excluding tert-OH is 7. The Hall–Kier alpha value is -1.67. The number of hydrogen-bond donors (Lipinski definition) is 8. The standard InChI is InChI=1S/C70H133NO10/c1-3-5-7-9-11-13-15-17-19-21-23-25-27-28-29-30-31-32-33-34-36-38-40-42-44-46-48-50-52-54-56-58-63(74)69(79)71-61(60-80-70-68(78)67(77)66(76)64(59-72)81-70)65(75)62(73)57-55-53-51-49-47-45-43-41-39-37-35-26-24-22-20-18-16-14-12-10-8-6-4-2/h28-29,41,43,49,51,61-68,70,72-78H,3-27,30-40,42,44-48,50,52-60H2,1-2H3,(H,71,79)/b29-28-,43-41+,51-49+. The molecule has 0 spiro atoms. The maximum absolute atomic E-state index is 13.2. The lowest BCUT2D eigenvalue weighted by molar-refractivity contribution is -0.303. The number of carbonyl (C=O) groups is 1. The molecule has 1 heterocycles. The fourth-order valence-electron chi connectivity index (χ4n) is 11.3.